The van der Waals surface area contributed by atoms with Gasteiger partial charge in [-0.05, 0) is 48.5 Å². The molecule has 0 saturated heterocycles. The summed E-state index contributed by atoms with van der Waals surface area (Å²) in [4.78, 5) is 12.5. The predicted molar refractivity (Wildman–Crippen MR) is 98.1 cm³/mol. The van der Waals surface area contributed by atoms with E-state index in [4.69, 9.17) is 9.88 Å². The van der Waals surface area contributed by atoms with Gasteiger partial charge in [0.1, 0.15) is 5.75 Å². The third-order valence-electron chi connectivity index (χ3n) is 3.76. The maximum absolute atomic E-state index is 12.6. The minimum atomic E-state index is -3.90. The number of anilines is 1. The van der Waals surface area contributed by atoms with Crippen LogP contribution in [0.5, 0.6) is 5.75 Å². The van der Waals surface area contributed by atoms with E-state index in [-0.39, 0.29) is 10.6 Å². The second-order valence-corrected chi connectivity index (χ2v) is 7.06. The van der Waals surface area contributed by atoms with E-state index in [1.165, 1.54) is 25.3 Å². The Morgan fingerprint density at radius 3 is 2.46 bits per heavy atom. The molecule has 1 amide bonds. The molecule has 0 spiro atoms. The zero-order chi connectivity index (χ0) is 18.7. The summed E-state index contributed by atoms with van der Waals surface area (Å²) in [6.07, 6.45) is 3.74. The first-order valence-corrected chi connectivity index (χ1v) is 9.19. The minimum absolute atomic E-state index is 0.116. The second-order valence-electron chi connectivity index (χ2n) is 5.50. The van der Waals surface area contributed by atoms with Crippen molar-refractivity contribution in [3.63, 3.8) is 0 Å². The highest BCUT2D eigenvalue weighted by Crippen LogP contribution is 2.27. The van der Waals surface area contributed by atoms with Crippen LogP contribution >= 0.6 is 0 Å². The van der Waals surface area contributed by atoms with Crippen LogP contribution in [0, 0.1) is 0 Å². The van der Waals surface area contributed by atoms with Crippen LogP contribution in [0.25, 0.3) is 5.69 Å². The first-order chi connectivity index (χ1) is 12.4. The Balaban J connectivity index is 1.92. The van der Waals surface area contributed by atoms with Crippen molar-refractivity contribution in [1.82, 2.24) is 4.57 Å². The number of ether oxygens (including phenoxy) is 1. The molecule has 0 atom stereocenters. The number of nitrogens with two attached hydrogens (primary N) is 1. The fourth-order valence-electron chi connectivity index (χ4n) is 2.47. The van der Waals surface area contributed by atoms with E-state index >= 15 is 0 Å². The van der Waals surface area contributed by atoms with Crippen molar-refractivity contribution in [3.8, 4) is 11.4 Å². The Bertz CT molecular complexity index is 1040. The number of nitrogens with zero attached hydrogens (tertiary/aromatic N) is 1. The molecule has 7 nitrogen and oxygen atoms in total. The highest BCUT2D eigenvalue weighted by atomic mass is 32.2. The summed E-state index contributed by atoms with van der Waals surface area (Å²) in [7, 11) is -2.47. The van der Waals surface area contributed by atoms with Crippen LogP contribution < -0.4 is 15.2 Å². The molecule has 0 saturated carbocycles. The van der Waals surface area contributed by atoms with Gasteiger partial charge in [0.15, 0.2) is 0 Å². The lowest BCUT2D eigenvalue weighted by Crippen LogP contribution is -2.15. The van der Waals surface area contributed by atoms with Gasteiger partial charge in [0.2, 0.25) is 10.0 Å². The first kappa shape index (κ1) is 17.7. The van der Waals surface area contributed by atoms with Crippen LogP contribution in [0.2, 0.25) is 0 Å². The number of benzene rings is 2. The summed E-state index contributed by atoms with van der Waals surface area (Å²) < 4.78 is 30.1. The van der Waals surface area contributed by atoms with Crippen LogP contribution in [-0.4, -0.2) is 26.0 Å². The van der Waals surface area contributed by atoms with E-state index in [2.05, 4.69) is 5.32 Å². The van der Waals surface area contributed by atoms with Crippen LogP contribution in [0.4, 0.5) is 5.69 Å². The molecule has 1 heterocycles. The van der Waals surface area contributed by atoms with Gasteiger partial charge in [0.05, 0.1) is 17.7 Å². The lowest BCUT2D eigenvalue weighted by atomic mass is 10.1. The van der Waals surface area contributed by atoms with Crippen molar-refractivity contribution in [2.24, 2.45) is 5.14 Å². The molecule has 3 aromatic rings. The minimum Gasteiger partial charge on any atom is -0.495 e. The Morgan fingerprint density at radius 1 is 1.08 bits per heavy atom. The van der Waals surface area contributed by atoms with E-state index in [1.807, 2.05) is 35.2 Å². The van der Waals surface area contributed by atoms with Gasteiger partial charge >= 0.3 is 0 Å². The largest absolute Gasteiger partial charge is 0.495 e. The number of rotatable bonds is 5. The van der Waals surface area contributed by atoms with Gasteiger partial charge < -0.3 is 14.6 Å². The number of nitrogens with one attached hydrogen (secondary N) is 1. The van der Waals surface area contributed by atoms with Crippen molar-refractivity contribution in [2.75, 3.05) is 12.4 Å². The molecule has 0 aliphatic carbocycles. The third kappa shape index (κ3) is 3.76. The molecule has 3 rings (SSSR count). The van der Waals surface area contributed by atoms with Gasteiger partial charge in [-0.25, -0.2) is 13.6 Å². The van der Waals surface area contributed by atoms with E-state index < -0.39 is 15.9 Å². The van der Waals surface area contributed by atoms with Gasteiger partial charge in [0.25, 0.3) is 5.91 Å². The number of hydrogen-bond acceptors (Lipinski definition) is 4. The zero-order valence-corrected chi connectivity index (χ0v) is 14.7. The molecule has 26 heavy (non-hydrogen) atoms. The third-order valence-corrected chi connectivity index (χ3v) is 4.67. The fraction of sp³-hybridized carbons (Fsp3) is 0.0556. The molecular weight excluding hydrogens is 354 g/mol. The SMILES string of the molecule is COc1ccc(S(N)(=O)=O)cc1NC(=O)c1cccc(-n2cccc2)c1. The second kappa shape index (κ2) is 7.03. The molecule has 3 N–H and O–H groups in total. The standard InChI is InChI=1S/C18H17N3O4S/c1-25-17-8-7-15(26(19,23)24)12-16(17)20-18(22)13-5-4-6-14(11-13)21-9-2-3-10-21/h2-12H,1H3,(H,20,22)(H2,19,23,24). The molecular formula is C18H17N3O4S. The number of carbonyl (C=O) groups excluding carboxylic acids is 1. The van der Waals surface area contributed by atoms with Gasteiger partial charge in [-0.3, -0.25) is 4.79 Å². The smallest absolute Gasteiger partial charge is 0.255 e. The average molecular weight is 371 g/mol. The molecule has 0 aliphatic rings. The van der Waals surface area contributed by atoms with Crippen molar-refractivity contribution < 1.29 is 17.9 Å². The van der Waals surface area contributed by atoms with Crippen molar-refractivity contribution >= 4 is 21.6 Å². The first-order valence-electron chi connectivity index (χ1n) is 7.64. The van der Waals surface area contributed by atoms with E-state index in [1.54, 1.807) is 18.2 Å². The molecule has 134 valence electrons. The number of aromatic nitrogens is 1. The molecule has 0 radical (unpaired) electrons. The normalized spacial score (nSPS) is 11.2. The van der Waals surface area contributed by atoms with Crippen LogP contribution in [0.1, 0.15) is 10.4 Å². The molecule has 0 bridgehead atoms. The maximum Gasteiger partial charge on any atom is 0.255 e. The van der Waals surface area contributed by atoms with Crippen LogP contribution in [-0.2, 0) is 10.0 Å². The monoisotopic (exact) mass is 371 g/mol. The Hall–Kier alpha value is -3.10. The average Bonchev–Trinajstić information content (AvgIpc) is 3.15. The summed E-state index contributed by atoms with van der Waals surface area (Å²) in [6.45, 7) is 0. The molecule has 8 heteroatoms. The van der Waals surface area contributed by atoms with Crippen molar-refractivity contribution in [1.29, 1.82) is 0 Å². The number of methoxy groups -OCH3 is 1. The summed E-state index contributed by atoms with van der Waals surface area (Å²) in [5.41, 5.74) is 1.46. The topological polar surface area (TPSA) is 103 Å². The fourth-order valence-corrected chi connectivity index (χ4v) is 3.01. The Kier molecular flexibility index (Phi) is 4.79. The lowest BCUT2D eigenvalue weighted by Gasteiger charge is -2.12. The number of sulfonamides is 1. The highest BCUT2D eigenvalue weighted by Gasteiger charge is 2.15. The van der Waals surface area contributed by atoms with Gasteiger partial charge in [-0.2, -0.15) is 0 Å². The molecule has 1 aromatic heterocycles. The number of primary sulfonamides is 1. The van der Waals surface area contributed by atoms with Crippen molar-refractivity contribution in [2.45, 2.75) is 4.90 Å². The zero-order valence-electron chi connectivity index (χ0n) is 13.9. The Morgan fingerprint density at radius 2 is 1.81 bits per heavy atom. The quantitative estimate of drug-likeness (QED) is 0.718. The number of hydrogen-bond donors (Lipinski definition) is 2. The molecule has 2 aromatic carbocycles. The molecule has 0 aliphatic heterocycles. The highest BCUT2D eigenvalue weighted by molar-refractivity contribution is 7.89. The number of carbonyl (C=O) groups is 1. The summed E-state index contributed by atoms with van der Waals surface area (Å²) in [6, 6.07) is 14.8. The van der Waals surface area contributed by atoms with E-state index in [0.717, 1.165) is 5.69 Å². The molecule has 0 fully saturated rings. The molecule has 0 unspecified atom stereocenters. The summed E-state index contributed by atoms with van der Waals surface area (Å²) in [5, 5.41) is 7.82. The van der Waals surface area contributed by atoms with Gasteiger partial charge in [-0.15, -0.1) is 0 Å². The van der Waals surface area contributed by atoms with E-state index in [0.29, 0.717) is 11.3 Å². The lowest BCUT2D eigenvalue weighted by molar-refractivity contribution is 0.102. The van der Waals surface area contributed by atoms with Crippen molar-refractivity contribution in [3.05, 3.63) is 72.6 Å². The van der Waals surface area contributed by atoms with Crippen LogP contribution in [0.3, 0.4) is 0 Å². The number of amides is 1. The van der Waals surface area contributed by atoms with Gasteiger partial charge in [-0.1, -0.05) is 6.07 Å². The summed E-state index contributed by atoms with van der Waals surface area (Å²) >= 11 is 0. The predicted octanol–water partition coefficient (Wildman–Crippen LogP) is 2.39. The summed E-state index contributed by atoms with van der Waals surface area (Å²) in [5.74, 6) is -0.0730. The van der Waals surface area contributed by atoms with E-state index in [9.17, 15) is 13.2 Å². The van der Waals surface area contributed by atoms with Crippen LogP contribution in [0.15, 0.2) is 71.9 Å². The Labute approximate surface area is 151 Å². The maximum atomic E-state index is 12.6. The van der Waals surface area contributed by atoms with Gasteiger partial charge in [0, 0.05) is 23.6 Å².